The Morgan fingerprint density at radius 2 is 1.89 bits per heavy atom. The summed E-state index contributed by atoms with van der Waals surface area (Å²) in [5, 5.41) is 3.67. The normalized spacial score (nSPS) is 12.4. The largest absolute Gasteiger partial charge is 0.417 e. The van der Waals surface area contributed by atoms with Crippen molar-refractivity contribution in [2.24, 2.45) is 0 Å². The first kappa shape index (κ1) is 27.2. The van der Waals surface area contributed by atoms with Gasteiger partial charge in [0, 0.05) is 24.2 Å². The van der Waals surface area contributed by atoms with Crippen molar-refractivity contribution >= 4 is 26.7 Å². The molecular formula is C22H26F3N5O5S. The van der Waals surface area contributed by atoms with E-state index in [0.29, 0.717) is 12.5 Å². The zero-order valence-corrected chi connectivity index (χ0v) is 20.7. The van der Waals surface area contributed by atoms with E-state index >= 15 is 0 Å². The van der Waals surface area contributed by atoms with E-state index in [0.717, 1.165) is 18.9 Å². The molecule has 0 bridgehead atoms. The summed E-state index contributed by atoms with van der Waals surface area (Å²) in [5.41, 5.74) is -4.32. The van der Waals surface area contributed by atoms with E-state index in [9.17, 15) is 36.0 Å². The Morgan fingerprint density at radius 1 is 1.19 bits per heavy atom. The number of aromatic nitrogens is 4. The van der Waals surface area contributed by atoms with Gasteiger partial charge in [0.2, 0.25) is 0 Å². The Labute approximate surface area is 204 Å². The van der Waals surface area contributed by atoms with Gasteiger partial charge in [-0.25, -0.2) is 18.0 Å². The summed E-state index contributed by atoms with van der Waals surface area (Å²) < 4.78 is 68.1. The monoisotopic (exact) mass is 529 g/mol. The summed E-state index contributed by atoms with van der Waals surface area (Å²) in [4.78, 5) is 41.4. The van der Waals surface area contributed by atoms with Crippen LogP contribution in [0.25, 0.3) is 22.2 Å². The third-order valence-electron chi connectivity index (χ3n) is 5.42. The lowest BCUT2D eigenvalue weighted by molar-refractivity contribution is -0.137. The molecule has 0 amide bonds. The molecule has 3 rings (SSSR count). The average molecular weight is 530 g/mol. The number of nitrogens with one attached hydrogen (secondary N) is 2. The maximum atomic E-state index is 13.9. The van der Waals surface area contributed by atoms with Crippen LogP contribution in [-0.4, -0.2) is 39.4 Å². The van der Waals surface area contributed by atoms with Crippen LogP contribution in [0.2, 0.25) is 0 Å². The van der Waals surface area contributed by atoms with Gasteiger partial charge < -0.3 is 4.98 Å². The molecule has 0 unspecified atom stereocenters. The molecule has 0 saturated heterocycles. The highest BCUT2D eigenvalue weighted by Gasteiger charge is 2.35. The van der Waals surface area contributed by atoms with Crippen molar-refractivity contribution in [1.29, 1.82) is 0 Å². The van der Waals surface area contributed by atoms with Gasteiger partial charge >= 0.3 is 11.9 Å². The van der Waals surface area contributed by atoms with E-state index in [1.165, 1.54) is 16.9 Å². The first-order valence-corrected chi connectivity index (χ1v) is 12.9. The maximum Gasteiger partial charge on any atom is 0.417 e. The van der Waals surface area contributed by atoms with Gasteiger partial charge in [-0.15, -0.1) is 0 Å². The molecule has 0 aliphatic rings. The highest BCUT2D eigenvalue weighted by Crippen LogP contribution is 2.39. The summed E-state index contributed by atoms with van der Waals surface area (Å²) in [6.07, 6.45) is -1.43. The molecule has 10 nitrogen and oxygen atoms in total. The summed E-state index contributed by atoms with van der Waals surface area (Å²) >= 11 is 0. The Bertz CT molecular complexity index is 1500. The first-order valence-electron chi connectivity index (χ1n) is 11.2. The van der Waals surface area contributed by atoms with Crippen LogP contribution >= 0.6 is 0 Å². The number of carbonyl (C=O) groups is 1. The van der Waals surface area contributed by atoms with Gasteiger partial charge in [0.15, 0.2) is 0 Å². The van der Waals surface area contributed by atoms with Crippen LogP contribution in [0.5, 0.6) is 0 Å². The van der Waals surface area contributed by atoms with Crippen molar-refractivity contribution in [1.82, 2.24) is 19.4 Å². The number of aromatic amines is 1. The van der Waals surface area contributed by atoms with Crippen LogP contribution in [0.3, 0.4) is 0 Å². The number of alkyl halides is 3. The minimum absolute atomic E-state index is 0.0187. The second kappa shape index (κ2) is 10.3. The van der Waals surface area contributed by atoms with E-state index in [1.807, 2.05) is 6.92 Å². The van der Waals surface area contributed by atoms with E-state index in [2.05, 4.69) is 10.1 Å². The van der Waals surface area contributed by atoms with Crippen molar-refractivity contribution in [3.05, 3.63) is 50.8 Å². The first-order chi connectivity index (χ1) is 16.7. The quantitative estimate of drug-likeness (QED) is 0.387. The number of rotatable bonds is 10. The van der Waals surface area contributed by atoms with Crippen LogP contribution in [0.4, 0.5) is 13.2 Å². The predicted octanol–water partition coefficient (Wildman–Crippen LogP) is 3.18. The van der Waals surface area contributed by atoms with E-state index in [4.69, 9.17) is 0 Å². The zero-order valence-electron chi connectivity index (χ0n) is 19.8. The number of benzene rings is 1. The van der Waals surface area contributed by atoms with Gasteiger partial charge in [0.05, 0.1) is 22.2 Å². The number of halogens is 3. The van der Waals surface area contributed by atoms with Crippen LogP contribution in [0, 0.1) is 0 Å². The summed E-state index contributed by atoms with van der Waals surface area (Å²) in [5.74, 6) is -1.55. The summed E-state index contributed by atoms with van der Waals surface area (Å²) in [6, 6.07) is 2.61. The molecule has 2 aromatic heterocycles. The molecule has 196 valence electrons. The van der Waals surface area contributed by atoms with E-state index < -0.39 is 50.1 Å². The van der Waals surface area contributed by atoms with Crippen molar-refractivity contribution in [2.45, 2.75) is 58.7 Å². The SMILES string of the molecule is CCCCCC(=O)CS(=O)(=O)Nn1c(=O)[nH]c2cc(C(F)(F)F)c(-c3ccnn3C(C)C)cc2c1=O. The third-order valence-corrected chi connectivity index (χ3v) is 6.58. The lowest BCUT2D eigenvalue weighted by Gasteiger charge is -2.17. The van der Waals surface area contributed by atoms with E-state index in [-0.39, 0.29) is 33.8 Å². The molecule has 0 atom stereocenters. The average Bonchev–Trinajstić information content (AvgIpc) is 3.25. The molecule has 0 aliphatic heterocycles. The second-order valence-electron chi connectivity index (χ2n) is 8.61. The van der Waals surface area contributed by atoms with Crippen LogP contribution < -0.4 is 16.1 Å². The second-order valence-corrected chi connectivity index (χ2v) is 10.3. The minimum atomic E-state index is -4.83. The van der Waals surface area contributed by atoms with Gasteiger partial charge in [-0.2, -0.15) is 22.9 Å². The van der Waals surface area contributed by atoms with Crippen molar-refractivity contribution < 1.29 is 26.4 Å². The molecule has 0 radical (unpaired) electrons. The summed E-state index contributed by atoms with van der Waals surface area (Å²) in [6.45, 7) is 5.35. The number of hydrogen-bond acceptors (Lipinski definition) is 6. The van der Waals surface area contributed by atoms with Gasteiger partial charge in [-0.05, 0) is 38.5 Å². The number of carbonyl (C=O) groups excluding carboxylic acids is 1. The number of sulfonamides is 1. The molecule has 36 heavy (non-hydrogen) atoms. The smallest absolute Gasteiger partial charge is 0.305 e. The molecule has 14 heteroatoms. The van der Waals surface area contributed by atoms with Crippen molar-refractivity contribution in [2.75, 3.05) is 10.6 Å². The number of nitrogens with zero attached hydrogens (tertiary/aromatic N) is 3. The minimum Gasteiger partial charge on any atom is -0.305 e. The fraction of sp³-hybridized carbons (Fsp3) is 0.455. The molecule has 0 fully saturated rings. The molecule has 1 aromatic carbocycles. The Hall–Kier alpha value is -3.42. The molecular weight excluding hydrogens is 503 g/mol. The summed E-state index contributed by atoms with van der Waals surface area (Å²) in [7, 11) is -4.44. The van der Waals surface area contributed by atoms with Gasteiger partial charge in [0.25, 0.3) is 15.6 Å². The number of fused-ring (bicyclic) bond motifs is 1. The molecule has 2 heterocycles. The molecule has 0 aliphatic carbocycles. The van der Waals surface area contributed by atoms with Crippen LogP contribution in [-0.2, 0) is 21.0 Å². The topological polar surface area (TPSA) is 136 Å². The van der Waals surface area contributed by atoms with Crippen molar-refractivity contribution in [3.63, 3.8) is 0 Å². The standard InChI is InChI=1S/C22H26F3N5O5S/c1-4-5-6-7-14(31)12-36(34,35)28-30-20(32)16-10-15(19-8-9-26-29(19)13(2)3)17(22(23,24)25)11-18(16)27-21(30)33/h8-11,13,28H,4-7,12H2,1-3H3,(H,27,33). The van der Waals surface area contributed by atoms with Gasteiger partial charge in [0.1, 0.15) is 11.5 Å². The van der Waals surface area contributed by atoms with Gasteiger partial charge in [-0.3, -0.25) is 14.3 Å². The molecule has 0 spiro atoms. The molecule has 3 aromatic rings. The number of Topliss-reactive ketones (excluding diaryl/α,β-unsaturated/α-hetero) is 1. The highest BCUT2D eigenvalue weighted by molar-refractivity contribution is 7.93. The number of hydrogen-bond donors (Lipinski definition) is 2. The Morgan fingerprint density at radius 3 is 2.50 bits per heavy atom. The fourth-order valence-corrected chi connectivity index (χ4v) is 4.84. The molecule has 0 saturated carbocycles. The van der Waals surface area contributed by atoms with E-state index in [1.54, 1.807) is 18.7 Å². The van der Waals surface area contributed by atoms with Crippen LogP contribution in [0.1, 0.15) is 58.1 Å². The van der Waals surface area contributed by atoms with Crippen molar-refractivity contribution in [3.8, 4) is 11.3 Å². The predicted molar refractivity (Wildman–Crippen MR) is 128 cm³/mol. The van der Waals surface area contributed by atoms with Gasteiger partial charge in [-0.1, -0.05) is 19.8 Å². The lowest BCUT2D eigenvalue weighted by Crippen LogP contribution is -2.45. The lowest BCUT2D eigenvalue weighted by atomic mass is 10.0. The van der Waals surface area contributed by atoms with Crippen LogP contribution in [0.15, 0.2) is 34.0 Å². The fourth-order valence-electron chi connectivity index (χ4n) is 3.76. The third kappa shape index (κ3) is 5.86. The Kier molecular flexibility index (Phi) is 7.76. The number of unbranched alkanes of at least 4 members (excludes halogenated alkanes) is 2. The molecule has 2 N–H and O–H groups in total. The number of ketones is 1. The number of H-pyrrole nitrogens is 1. The highest BCUT2D eigenvalue weighted by atomic mass is 32.2. The maximum absolute atomic E-state index is 13.9. The Balaban J connectivity index is 2.13. The zero-order chi connectivity index (χ0) is 26.8.